The molecule has 0 aromatic heterocycles. The highest BCUT2D eigenvalue weighted by Crippen LogP contribution is 2.20. The minimum Gasteiger partial charge on any atom is -0.328 e. The lowest BCUT2D eigenvalue weighted by Crippen LogP contribution is -2.12. The first-order chi connectivity index (χ1) is 9.10. The number of halogens is 2. The Kier molecular flexibility index (Phi) is 4.81. The highest BCUT2D eigenvalue weighted by molar-refractivity contribution is 14.1. The fourth-order valence-corrected chi connectivity index (χ4v) is 2.61. The lowest BCUT2D eigenvalue weighted by molar-refractivity contribution is 0.102. The van der Waals surface area contributed by atoms with Crippen LogP contribution in [0.5, 0.6) is 0 Å². The van der Waals surface area contributed by atoms with E-state index < -0.39 is 0 Å². The van der Waals surface area contributed by atoms with Crippen LogP contribution >= 0.6 is 38.8 Å². The zero-order chi connectivity index (χ0) is 13.8. The predicted octanol–water partition coefficient (Wildman–Crippen LogP) is 4.77. The van der Waals surface area contributed by atoms with E-state index in [1.54, 1.807) is 0 Å². The van der Waals surface area contributed by atoms with E-state index in [0.29, 0.717) is 5.56 Å². The molecular weight excluding hydrogens is 419 g/mol. The van der Waals surface area contributed by atoms with Gasteiger partial charge in [0.25, 0.3) is 5.91 Å². The van der Waals surface area contributed by atoms with E-state index in [2.05, 4.69) is 47.6 Å². The Bertz CT molecular complexity index is 616. The van der Waals surface area contributed by atoms with Gasteiger partial charge in [0.05, 0.1) is 22.9 Å². The maximum absolute atomic E-state index is 12.1. The molecule has 0 aliphatic carbocycles. The van der Waals surface area contributed by atoms with Crippen LogP contribution in [0.25, 0.3) is 0 Å². The molecule has 1 amide bonds. The molecule has 0 spiro atoms. The van der Waals surface area contributed by atoms with E-state index >= 15 is 0 Å². The summed E-state index contributed by atoms with van der Waals surface area (Å²) in [6, 6.07) is 13.1. The summed E-state index contributed by atoms with van der Waals surface area (Å²) in [6.07, 6.45) is 0. The van der Waals surface area contributed by atoms with Crippen molar-refractivity contribution in [1.82, 2.24) is 0 Å². The Hall–Kier alpha value is -1.08. The SMILES string of the molecule is Cc1ccc(C(=O)Nc2cccc(Br)c2)cc1NI. The van der Waals surface area contributed by atoms with Gasteiger partial charge in [-0.15, -0.1) is 0 Å². The molecule has 0 fully saturated rings. The van der Waals surface area contributed by atoms with E-state index in [9.17, 15) is 4.79 Å². The molecule has 98 valence electrons. The van der Waals surface area contributed by atoms with Crippen LogP contribution in [0.15, 0.2) is 46.9 Å². The maximum atomic E-state index is 12.1. The molecule has 0 bridgehead atoms. The van der Waals surface area contributed by atoms with Gasteiger partial charge in [-0.1, -0.05) is 28.1 Å². The number of anilines is 2. The number of hydrogen-bond acceptors (Lipinski definition) is 2. The van der Waals surface area contributed by atoms with Gasteiger partial charge in [-0.05, 0) is 42.8 Å². The molecular formula is C14H12BrIN2O. The molecule has 5 heteroatoms. The second-order valence-corrected chi connectivity index (χ2v) is 5.54. The zero-order valence-corrected chi connectivity index (χ0v) is 13.9. The van der Waals surface area contributed by atoms with Crippen molar-refractivity contribution in [1.29, 1.82) is 0 Å². The van der Waals surface area contributed by atoms with Crippen molar-refractivity contribution in [3.63, 3.8) is 0 Å². The van der Waals surface area contributed by atoms with Gasteiger partial charge in [-0.2, -0.15) is 0 Å². The molecule has 0 heterocycles. The molecule has 2 rings (SSSR count). The Morgan fingerprint density at radius 2 is 2.00 bits per heavy atom. The summed E-state index contributed by atoms with van der Waals surface area (Å²) < 4.78 is 3.98. The van der Waals surface area contributed by atoms with Gasteiger partial charge in [0.2, 0.25) is 0 Å². The quantitative estimate of drug-likeness (QED) is 0.543. The first-order valence-electron chi connectivity index (χ1n) is 5.64. The fourth-order valence-electron chi connectivity index (χ4n) is 1.63. The highest BCUT2D eigenvalue weighted by Gasteiger charge is 2.08. The molecule has 0 aliphatic heterocycles. The zero-order valence-electron chi connectivity index (χ0n) is 10.2. The number of hydrogen-bond donors (Lipinski definition) is 2. The van der Waals surface area contributed by atoms with Crippen molar-refractivity contribution >= 4 is 56.1 Å². The Morgan fingerprint density at radius 3 is 2.68 bits per heavy atom. The van der Waals surface area contributed by atoms with Crippen LogP contribution in [0.3, 0.4) is 0 Å². The third-order valence-electron chi connectivity index (χ3n) is 2.68. The largest absolute Gasteiger partial charge is 0.328 e. The molecule has 0 atom stereocenters. The number of carbonyl (C=O) groups excluding carboxylic acids is 1. The first kappa shape index (κ1) is 14.3. The van der Waals surface area contributed by atoms with Gasteiger partial charge >= 0.3 is 0 Å². The minimum absolute atomic E-state index is 0.119. The summed E-state index contributed by atoms with van der Waals surface area (Å²) in [5.74, 6) is -0.119. The molecule has 2 aromatic rings. The normalized spacial score (nSPS) is 10.1. The number of aryl methyl sites for hydroxylation is 1. The Morgan fingerprint density at radius 1 is 1.21 bits per heavy atom. The molecule has 3 nitrogen and oxygen atoms in total. The lowest BCUT2D eigenvalue weighted by Gasteiger charge is -2.08. The maximum Gasteiger partial charge on any atom is 0.255 e. The van der Waals surface area contributed by atoms with Gasteiger partial charge in [-0.3, -0.25) is 4.79 Å². The van der Waals surface area contributed by atoms with Crippen LogP contribution in [0.2, 0.25) is 0 Å². The van der Waals surface area contributed by atoms with Gasteiger partial charge in [-0.25, -0.2) is 0 Å². The van der Waals surface area contributed by atoms with Gasteiger partial charge in [0.1, 0.15) is 0 Å². The van der Waals surface area contributed by atoms with Crippen LogP contribution in [-0.4, -0.2) is 5.91 Å². The van der Waals surface area contributed by atoms with Crippen molar-refractivity contribution in [2.45, 2.75) is 6.92 Å². The van der Waals surface area contributed by atoms with Crippen LogP contribution in [0, 0.1) is 6.92 Å². The van der Waals surface area contributed by atoms with Gasteiger partial charge in [0, 0.05) is 21.4 Å². The van der Waals surface area contributed by atoms with Crippen LogP contribution in [-0.2, 0) is 0 Å². The molecule has 0 radical (unpaired) electrons. The minimum atomic E-state index is -0.119. The monoisotopic (exact) mass is 430 g/mol. The summed E-state index contributed by atoms with van der Waals surface area (Å²) in [5.41, 5.74) is 3.45. The molecule has 2 N–H and O–H groups in total. The standard InChI is InChI=1S/C14H12BrIN2O/c1-9-5-6-10(7-13(9)18-16)14(19)17-12-4-2-3-11(15)8-12/h2-8,18H,1H3,(H,17,19). The van der Waals surface area contributed by atoms with E-state index in [-0.39, 0.29) is 5.91 Å². The number of benzene rings is 2. The summed E-state index contributed by atoms with van der Waals surface area (Å²) in [6.45, 7) is 2.00. The smallest absolute Gasteiger partial charge is 0.255 e. The van der Waals surface area contributed by atoms with Crippen LogP contribution in [0.4, 0.5) is 11.4 Å². The summed E-state index contributed by atoms with van der Waals surface area (Å²) in [5, 5.41) is 2.87. The van der Waals surface area contributed by atoms with Crippen molar-refractivity contribution in [2.75, 3.05) is 8.85 Å². The average molecular weight is 431 g/mol. The first-order valence-corrected chi connectivity index (χ1v) is 7.51. The molecule has 19 heavy (non-hydrogen) atoms. The van der Waals surface area contributed by atoms with Crippen molar-refractivity contribution in [3.05, 3.63) is 58.1 Å². The van der Waals surface area contributed by atoms with Crippen molar-refractivity contribution in [3.8, 4) is 0 Å². The summed E-state index contributed by atoms with van der Waals surface area (Å²) >= 11 is 5.44. The van der Waals surface area contributed by atoms with Crippen molar-refractivity contribution < 1.29 is 4.79 Å². The predicted molar refractivity (Wildman–Crippen MR) is 90.9 cm³/mol. The van der Waals surface area contributed by atoms with Crippen molar-refractivity contribution in [2.24, 2.45) is 0 Å². The summed E-state index contributed by atoms with van der Waals surface area (Å²) in [4.78, 5) is 12.1. The molecule has 0 unspecified atom stereocenters. The molecule has 0 saturated carbocycles. The second kappa shape index (κ2) is 6.38. The number of nitrogens with one attached hydrogen (secondary N) is 2. The van der Waals surface area contributed by atoms with E-state index in [0.717, 1.165) is 21.4 Å². The number of amides is 1. The Labute approximate surface area is 134 Å². The second-order valence-electron chi connectivity index (χ2n) is 4.09. The number of rotatable bonds is 3. The third kappa shape index (κ3) is 3.70. The van der Waals surface area contributed by atoms with Crippen LogP contribution in [0.1, 0.15) is 15.9 Å². The Balaban J connectivity index is 2.20. The molecule has 0 aliphatic rings. The third-order valence-corrected chi connectivity index (χ3v) is 3.76. The molecule has 2 aromatic carbocycles. The van der Waals surface area contributed by atoms with E-state index in [1.165, 1.54) is 0 Å². The highest BCUT2D eigenvalue weighted by atomic mass is 127. The molecule has 0 saturated heterocycles. The van der Waals surface area contributed by atoms with Crippen LogP contribution < -0.4 is 8.85 Å². The van der Waals surface area contributed by atoms with Gasteiger partial charge < -0.3 is 8.85 Å². The average Bonchev–Trinajstić information content (AvgIpc) is 2.39. The topological polar surface area (TPSA) is 41.1 Å². The fraction of sp³-hybridized carbons (Fsp3) is 0.0714. The van der Waals surface area contributed by atoms with E-state index in [4.69, 9.17) is 0 Å². The number of carbonyl (C=O) groups is 1. The summed E-state index contributed by atoms with van der Waals surface area (Å²) in [7, 11) is 0. The van der Waals surface area contributed by atoms with Gasteiger partial charge in [0.15, 0.2) is 0 Å². The lowest BCUT2D eigenvalue weighted by atomic mass is 10.1. The van der Waals surface area contributed by atoms with E-state index in [1.807, 2.05) is 49.4 Å².